The van der Waals surface area contributed by atoms with Crippen LogP contribution in [0.3, 0.4) is 0 Å². The molecule has 2 aromatic carbocycles. The summed E-state index contributed by atoms with van der Waals surface area (Å²) in [5.74, 6) is -0.741. The summed E-state index contributed by atoms with van der Waals surface area (Å²) in [5.41, 5.74) is 3.76. The smallest absolute Gasteiger partial charge is 0.550 e. The number of benzene rings is 2. The Morgan fingerprint density at radius 1 is 1.11 bits per heavy atom. The maximum atomic E-state index is 14.8. The maximum Gasteiger partial charge on any atom is 1.00 e. The van der Waals surface area contributed by atoms with Gasteiger partial charge in [-0.05, 0) is 61.7 Å². The van der Waals surface area contributed by atoms with E-state index >= 15 is 0 Å². The molecule has 0 fully saturated rings. The van der Waals surface area contributed by atoms with Gasteiger partial charge in [0.05, 0.1) is 12.7 Å². The number of aryl methyl sites for hydroxylation is 2. The van der Waals surface area contributed by atoms with Gasteiger partial charge in [0.25, 0.3) is 0 Å². The number of nitrogens with zero attached hydrogens (tertiary/aromatic N) is 1. The number of pyridine rings is 1. The topological polar surface area (TPSA) is 121 Å². The molecule has 1 aromatic heterocycles. The van der Waals surface area contributed by atoms with Gasteiger partial charge in [0.15, 0.2) is 0 Å². The van der Waals surface area contributed by atoms with E-state index in [9.17, 15) is 19.4 Å². The molecule has 0 spiro atoms. The Morgan fingerprint density at radius 3 is 2.42 bits per heavy atom. The number of aliphatic hydroxyl groups is 2. The molecule has 0 aliphatic carbocycles. The van der Waals surface area contributed by atoms with Crippen molar-refractivity contribution in [3.05, 3.63) is 76.7 Å². The first-order valence-corrected chi connectivity index (χ1v) is 11.9. The number of carboxylic acids is 1. The number of aliphatic hydroxyl groups excluding tert-OH is 2. The Hall–Kier alpha value is -2.53. The van der Waals surface area contributed by atoms with Gasteiger partial charge in [-0.15, -0.1) is 0 Å². The molecule has 198 valence electrons. The molecule has 0 radical (unpaired) electrons. The van der Waals surface area contributed by atoms with Gasteiger partial charge in [-0.3, -0.25) is 0 Å². The second kappa shape index (κ2) is 15.2. The largest absolute Gasteiger partial charge is 1.00 e. The van der Waals surface area contributed by atoms with Crippen LogP contribution in [-0.2, 0) is 16.1 Å². The van der Waals surface area contributed by atoms with Gasteiger partial charge in [0, 0.05) is 41.9 Å². The third-order valence-electron chi connectivity index (χ3n) is 5.69. The number of carboxylic acid groups (broad SMARTS) is 1. The number of halogens is 1. The Bertz CT molecular complexity index is 1180. The average Bonchev–Trinajstić information content (AvgIpc) is 2.87. The zero-order chi connectivity index (χ0) is 26.9. The molecule has 0 unspecified atom stereocenters. The van der Waals surface area contributed by atoms with Gasteiger partial charge in [0.2, 0.25) is 5.88 Å². The fourth-order valence-electron chi connectivity index (χ4n) is 3.94. The van der Waals surface area contributed by atoms with E-state index in [2.05, 4.69) is 4.98 Å². The number of rotatable bonds is 13. The molecule has 3 aromatic rings. The predicted molar refractivity (Wildman–Crippen MR) is 132 cm³/mol. The summed E-state index contributed by atoms with van der Waals surface area (Å²) < 4.78 is 31.6. The summed E-state index contributed by atoms with van der Waals surface area (Å²) in [6.45, 7) is 5.40. The molecular weight excluding hydrogens is 504 g/mol. The van der Waals surface area contributed by atoms with Crippen molar-refractivity contribution < 1.29 is 68.3 Å². The minimum absolute atomic E-state index is 0. The number of hydrogen-bond donors (Lipinski definition) is 2. The zero-order valence-corrected chi connectivity index (χ0v) is 24.1. The fraction of sp³-hybridized carbons (Fsp3) is 0.357. The van der Waals surface area contributed by atoms with E-state index < -0.39 is 30.6 Å². The van der Waals surface area contributed by atoms with Crippen LogP contribution in [-0.4, -0.2) is 47.1 Å². The first-order chi connectivity index (χ1) is 17.7. The molecule has 0 aliphatic rings. The van der Waals surface area contributed by atoms with Crippen LogP contribution in [0.25, 0.3) is 11.1 Å². The molecule has 2 atom stereocenters. The van der Waals surface area contributed by atoms with Crippen molar-refractivity contribution in [1.82, 2.24) is 4.98 Å². The summed E-state index contributed by atoms with van der Waals surface area (Å²) in [6, 6.07) is 13.3. The van der Waals surface area contributed by atoms with Gasteiger partial charge in [-0.1, -0.05) is 18.2 Å². The second-order valence-electron chi connectivity index (χ2n) is 8.58. The van der Waals surface area contributed by atoms with Crippen molar-refractivity contribution in [2.24, 2.45) is 0 Å². The first kappa shape index (κ1) is 31.7. The number of aromatic nitrogens is 1. The third kappa shape index (κ3) is 8.76. The van der Waals surface area contributed by atoms with Crippen molar-refractivity contribution in [1.29, 1.82) is 0 Å². The van der Waals surface area contributed by atoms with Crippen LogP contribution in [0.4, 0.5) is 4.39 Å². The quantitative estimate of drug-likeness (QED) is 0.295. The molecular formula is C28H31FNNaO7. The van der Waals surface area contributed by atoms with E-state index in [4.69, 9.17) is 19.3 Å². The van der Waals surface area contributed by atoms with Gasteiger partial charge in [-0.2, -0.15) is 0 Å². The molecule has 3 rings (SSSR count). The van der Waals surface area contributed by atoms with Gasteiger partial charge < -0.3 is 34.3 Å². The van der Waals surface area contributed by atoms with Gasteiger partial charge in [-0.25, -0.2) is 9.37 Å². The van der Waals surface area contributed by atoms with Crippen molar-refractivity contribution in [3.8, 4) is 22.8 Å². The van der Waals surface area contributed by atoms with Crippen molar-refractivity contribution in [2.75, 3.05) is 19.8 Å². The van der Waals surface area contributed by atoms with Crippen LogP contribution in [0.15, 0.2) is 48.5 Å². The van der Waals surface area contributed by atoms with E-state index in [0.717, 1.165) is 11.1 Å². The Morgan fingerprint density at radius 2 is 1.82 bits per heavy atom. The molecule has 2 N–H and O–H groups in total. The van der Waals surface area contributed by atoms with Crippen molar-refractivity contribution in [3.63, 3.8) is 0 Å². The number of carbonyl (C=O) groups is 1. The minimum Gasteiger partial charge on any atom is -0.550 e. The van der Waals surface area contributed by atoms with Crippen LogP contribution in [0.1, 0.15) is 41.8 Å². The number of carbonyl (C=O) groups excluding carboxylic acids is 1. The van der Waals surface area contributed by atoms with E-state index in [-0.39, 0.29) is 55.1 Å². The Kier molecular flexibility index (Phi) is 12.6. The molecule has 0 bridgehead atoms. The van der Waals surface area contributed by atoms with Crippen LogP contribution >= 0.6 is 0 Å². The van der Waals surface area contributed by atoms with Gasteiger partial charge in [0.1, 0.15) is 30.9 Å². The molecule has 0 saturated carbocycles. The summed E-state index contributed by atoms with van der Waals surface area (Å²) >= 11 is 0. The summed E-state index contributed by atoms with van der Waals surface area (Å²) in [4.78, 5) is 15.4. The normalized spacial score (nSPS) is 12.4. The Balaban J connectivity index is 0.00000507. The number of hydrogen-bond acceptors (Lipinski definition) is 8. The SMILES string of the molecule is CCO[C@@H](CC(=O)[O-])c1ccc(OCc2ccc(F)c(-c3c(C)cc(OC[C@H](O)CO)nc3C)c2)cc1.[Na+]. The van der Waals surface area contributed by atoms with Gasteiger partial charge >= 0.3 is 29.6 Å². The second-order valence-corrected chi connectivity index (χ2v) is 8.58. The summed E-state index contributed by atoms with van der Waals surface area (Å²) in [5, 5.41) is 29.4. The third-order valence-corrected chi connectivity index (χ3v) is 5.69. The van der Waals surface area contributed by atoms with E-state index in [0.29, 0.717) is 34.7 Å². The van der Waals surface area contributed by atoms with E-state index in [1.807, 2.05) is 6.92 Å². The van der Waals surface area contributed by atoms with Crippen LogP contribution in [0.2, 0.25) is 0 Å². The maximum absolute atomic E-state index is 14.8. The molecule has 38 heavy (non-hydrogen) atoms. The predicted octanol–water partition coefficient (Wildman–Crippen LogP) is 0.0371. The summed E-state index contributed by atoms with van der Waals surface area (Å²) in [7, 11) is 0. The number of ether oxygens (including phenoxy) is 3. The first-order valence-electron chi connectivity index (χ1n) is 11.9. The molecule has 8 nitrogen and oxygen atoms in total. The van der Waals surface area contributed by atoms with Crippen LogP contribution in [0.5, 0.6) is 11.6 Å². The minimum atomic E-state index is -1.19. The molecule has 10 heteroatoms. The molecule has 0 aliphatic heterocycles. The molecule has 0 saturated heterocycles. The average molecular weight is 536 g/mol. The zero-order valence-electron chi connectivity index (χ0n) is 22.1. The van der Waals surface area contributed by atoms with Crippen molar-refractivity contribution in [2.45, 2.75) is 46.0 Å². The number of aliphatic carboxylic acids is 1. The van der Waals surface area contributed by atoms with E-state index in [1.54, 1.807) is 56.3 Å². The van der Waals surface area contributed by atoms with Crippen LogP contribution in [0, 0.1) is 19.7 Å². The van der Waals surface area contributed by atoms with Crippen molar-refractivity contribution >= 4 is 5.97 Å². The Labute approximate surface area is 243 Å². The summed E-state index contributed by atoms with van der Waals surface area (Å²) in [6.07, 6.45) is -1.85. The fourth-order valence-corrected chi connectivity index (χ4v) is 3.94. The monoisotopic (exact) mass is 535 g/mol. The molecule has 0 amide bonds. The van der Waals surface area contributed by atoms with E-state index in [1.165, 1.54) is 6.07 Å². The molecule has 1 heterocycles. The van der Waals surface area contributed by atoms with Crippen LogP contribution < -0.4 is 44.1 Å². The standard InChI is InChI=1S/C28H32FNO7.Na/c1-4-35-25(13-27(33)34)20-6-8-22(9-7-20)36-15-19-5-10-24(29)23(12-19)28-17(2)11-26(30-18(28)3)37-16-21(32)14-31;/h5-12,21,25,31-32H,4,13-16H2,1-3H3,(H,33,34);/q;+1/p-1/t21-,25+;/m1./s1.